The van der Waals surface area contributed by atoms with Crippen molar-refractivity contribution in [3.63, 3.8) is 0 Å². The van der Waals surface area contributed by atoms with Crippen molar-refractivity contribution >= 4 is 0 Å². The van der Waals surface area contributed by atoms with Gasteiger partial charge in [-0.2, -0.15) is 0 Å². The molecular weight excluding hydrogens is 182 g/mol. The molecule has 0 spiro atoms. The Morgan fingerprint density at radius 2 is 1.73 bits per heavy atom. The molecule has 0 saturated carbocycles. The van der Waals surface area contributed by atoms with Gasteiger partial charge in [-0.25, -0.2) is 0 Å². The van der Waals surface area contributed by atoms with E-state index in [4.69, 9.17) is 5.73 Å². The summed E-state index contributed by atoms with van der Waals surface area (Å²) < 4.78 is 0. The number of nitrogens with two attached hydrogens (primary N) is 1. The normalized spacial score (nSPS) is 13.1. The van der Waals surface area contributed by atoms with Crippen molar-refractivity contribution in [3.05, 3.63) is 35.4 Å². The molecule has 84 valence electrons. The fraction of sp³-hybridized carbons (Fsp3) is 0.571. The van der Waals surface area contributed by atoms with Crippen LogP contribution in [0.5, 0.6) is 0 Å². The molecule has 1 aromatic carbocycles. The highest BCUT2D eigenvalue weighted by Crippen LogP contribution is 2.26. The third-order valence-corrected chi connectivity index (χ3v) is 3.02. The van der Waals surface area contributed by atoms with E-state index in [0.29, 0.717) is 5.92 Å². The van der Waals surface area contributed by atoms with Crippen molar-refractivity contribution in [2.24, 2.45) is 5.73 Å². The zero-order valence-electron chi connectivity index (χ0n) is 10.2. The number of benzene rings is 1. The molecule has 0 fully saturated rings. The maximum absolute atomic E-state index is 5.88. The van der Waals surface area contributed by atoms with Crippen molar-refractivity contribution in [1.29, 1.82) is 0 Å². The first-order chi connectivity index (χ1) is 7.19. The van der Waals surface area contributed by atoms with Crippen molar-refractivity contribution in [3.8, 4) is 0 Å². The molecule has 0 aliphatic heterocycles. The first-order valence-corrected chi connectivity index (χ1v) is 6.02. The van der Waals surface area contributed by atoms with E-state index in [1.54, 1.807) is 0 Å². The predicted octanol–water partition coefficient (Wildman–Crippen LogP) is 3.48. The van der Waals surface area contributed by atoms with Gasteiger partial charge in [0.15, 0.2) is 0 Å². The summed E-state index contributed by atoms with van der Waals surface area (Å²) in [5, 5.41) is 0. The van der Waals surface area contributed by atoms with E-state index in [-0.39, 0.29) is 6.04 Å². The lowest BCUT2D eigenvalue weighted by molar-refractivity contribution is 0.626. The molecule has 0 saturated heterocycles. The molecule has 0 aliphatic rings. The second-order valence-electron chi connectivity index (χ2n) is 4.39. The molecule has 1 rings (SSSR count). The smallest absolute Gasteiger partial charge is 0.00510 e. The molecule has 1 unspecified atom stereocenters. The Bertz CT molecular complexity index is 287. The van der Waals surface area contributed by atoms with Crippen LogP contribution < -0.4 is 5.73 Å². The molecule has 0 radical (unpaired) electrons. The molecule has 0 amide bonds. The summed E-state index contributed by atoms with van der Waals surface area (Å²) in [6.45, 7) is 6.59. The third-order valence-electron chi connectivity index (χ3n) is 3.02. The van der Waals surface area contributed by atoms with Gasteiger partial charge < -0.3 is 5.73 Å². The van der Waals surface area contributed by atoms with Gasteiger partial charge in [0.05, 0.1) is 0 Å². The summed E-state index contributed by atoms with van der Waals surface area (Å²) in [6.07, 6.45) is 3.42. The lowest BCUT2D eigenvalue weighted by Gasteiger charge is -2.18. The monoisotopic (exact) mass is 205 g/mol. The van der Waals surface area contributed by atoms with Crippen molar-refractivity contribution in [2.45, 2.75) is 52.0 Å². The fourth-order valence-corrected chi connectivity index (χ4v) is 2.19. The van der Waals surface area contributed by atoms with Crippen LogP contribution in [0, 0.1) is 0 Å². The van der Waals surface area contributed by atoms with Crippen molar-refractivity contribution in [2.75, 3.05) is 0 Å². The Morgan fingerprint density at radius 1 is 1.13 bits per heavy atom. The fourth-order valence-electron chi connectivity index (χ4n) is 2.19. The van der Waals surface area contributed by atoms with Crippen LogP contribution in [0.25, 0.3) is 0 Å². The second kappa shape index (κ2) is 5.92. The summed E-state index contributed by atoms with van der Waals surface area (Å²) in [7, 11) is 0. The van der Waals surface area contributed by atoms with Crippen LogP contribution in [0.15, 0.2) is 24.3 Å². The van der Waals surface area contributed by atoms with Crippen molar-refractivity contribution < 1.29 is 0 Å². The zero-order valence-corrected chi connectivity index (χ0v) is 10.2. The van der Waals surface area contributed by atoms with Gasteiger partial charge in [-0.3, -0.25) is 0 Å². The molecular formula is C14H23N. The molecule has 1 nitrogen and oxygen atoms in total. The number of hydrogen-bond donors (Lipinski definition) is 1. The third kappa shape index (κ3) is 3.35. The Morgan fingerprint density at radius 3 is 2.27 bits per heavy atom. The summed E-state index contributed by atoms with van der Waals surface area (Å²) in [5.41, 5.74) is 8.81. The number of rotatable bonds is 5. The van der Waals surface area contributed by atoms with Gasteiger partial charge in [-0.05, 0) is 43.2 Å². The molecule has 0 aliphatic carbocycles. The maximum Gasteiger partial charge on any atom is 0.00510 e. The summed E-state index contributed by atoms with van der Waals surface area (Å²) in [6, 6.07) is 8.98. The lowest BCUT2D eigenvalue weighted by atomic mass is 9.88. The van der Waals surface area contributed by atoms with Gasteiger partial charge in [0.2, 0.25) is 0 Å². The zero-order chi connectivity index (χ0) is 11.3. The molecule has 1 aromatic rings. The summed E-state index contributed by atoms with van der Waals surface area (Å²) in [4.78, 5) is 0. The van der Waals surface area contributed by atoms with Gasteiger partial charge in [0.25, 0.3) is 0 Å². The average molecular weight is 205 g/mol. The van der Waals surface area contributed by atoms with Gasteiger partial charge in [0, 0.05) is 6.04 Å². The summed E-state index contributed by atoms with van der Waals surface area (Å²) >= 11 is 0. The van der Waals surface area contributed by atoms with Crippen LogP contribution in [0.4, 0.5) is 0 Å². The largest absolute Gasteiger partial charge is 0.328 e. The van der Waals surface area contributed by atoms with E-state index < -0.39 is 0 Å². The summed E-state index contributed by atoms with van der Waals surface area (Å²) in [5.74, 6) is 0.694. The van der Waals surface area contributed by atoms with Crippen LogP contribution in [0.2, 0.25) is 0 Å². The van der Waals surface area contributed by atoms with E-state index in [9.17, 15) is 0 Å². The molecule has 15 heavy (non-hydrogen) atoms. The van der Waals surface area contributed by atoms with Crippen LogP contribution in [-0.4, -0.2) is 6.04 Å². The molecule has 1 heteroatoms. The van der Waals surface area contributed by atoms with Gasteiger partial charge in [-0.1, -0.05) is 38.1 Å². The van der Waals surface area contributed by atoms with Crippen molar-refractivity contribution in [1.82, 2.24) is 0 Å². The molecule has 0 aromatic heterocycles. The highest BCUT2D eigenvalue weighted by atomic mass is 14.6. The van der Waals surface area contributed by atoms with E-state index in [2.05, 4.69) is 45.0 Å². The minimum atomic E-state index is 0.250. The van der Waals surface area contributed by atoms with Gasteiger partial charge >= 0.3 is 0 Å². The first kappa shape index (κ1) is 12.3. The minimum Gasteiger partial charge on any atom is -0.328 e. The SMILES string of the molecule is CCC(CC)c1ccccc1CC(C)N. The van der Waals surface area contributed by atoms with E-state index >= 15 is 0 Å². The molecule has 0 bridgehead atoms. The van der Waals surface area contributed by atoms with Crippen LogP contribution in [0.3, 0.4) is 0 Å². The Kier molecular flexibility index (Phi) is 4.83. The maximum atomic E-state index is 5.88. The molecule has 0 heterocycles. The van der Waals surface area contributed by atoms with Gasteiger partial charge in [0.1, 0.15) is 0 Å². The Hall–Kier alpha value is -0.820. The topological polar surface area (TPSA) is 26.0 Å². The van der Waals surface area contributed by atoms with E-state index in [0.717, 1.165) is 6.42 Å². The average Bonchev–Trinajstić information content (AvgIpc) is 2.21. The molecule has 1 atom stereocenters. The Balaban J connectivity index is 2.94. The molecule has 2 N–H and O–H groups in total. The van der Waals surface area contributed by atoms with Crippen LogP contribution >= 0.6 is 0 Å². The highest BCUT2D eigenvalue weighted by Gasteiger charge is 2.11. The predicted molar refractivity (Wildman–Crippen MR) is 67.1 cm³/mol. The van der Waals surface area contributed by atoms with E-state index in [1.807, 2.05) is 0 Å². The van der Waals surface area contributed by atoms with Crippen LogP contribution in [-0.2, 0) is 6.42 Å². The standard InChI is InChI=1S/C14H23N/c1-4-12(5-2)14-9-7-6-8-13(14)10-11(3)15/h6-9,11-12H,4-5,10,15H2,1-3H3. The van der Waals surface area contributed by atoms with Gasteiger partial charge in [-0.15, -0.1) is 0 Å². The lowest BCUT2D eigenvalue weighted by Crippen LogP contribution is -2.19. The quantitative estimate of drug-likeness (QED) is 0.782. The highest BCUT2D eigenvalue weighted by molar-refractivity contribution is 5.31. The van der Waals surface area contributed by atoms with E-state index in [1.165, 1.54) is 24.0 Å². The second-order valence-corrected chi connectivity index (χ2v) is 4.39. The van der Waals surface area contributed by atoms with Crippen LogP contribution in [0.1, 0.15) is 50.7 Å². The Labute approximate surface area is 93.7 Å². The first-order valence-electron chi connectivity index (χ1n) is 6.02. The number of hydrogen-bond acceptors (Lipinski definition) is 1. The minimum absolute atomic E-state index is 0.250.